The zero-order valence-electron chi connectivity index (χ0n) is 26.3. The van der Waals surface area contributed by atoms with Crippen molar-refractivity contribution in [3.63, 3.8) is 0 Å². The molecular formula is C35H34F2N6O4. The molecule has 8 rings (SSSR count). The number of benzene rings is 2. The zero-order valence-corrected chi connectivity index (χ0v) is 26.3. The molecule has 10 nitrogen and oxygen atoms in total. The first-order valence-electron chi connectivity index (χ1n) is 15.9. The van der Waals surface area contributed by atoms with E-state index in [1.807, 2.05) is 34.7 Å². The minimum absolute atomic E-state index is 0.0193. The van der Waals surface area contributed by atoms with Crippen molar-refractivity contribution in [3.05, 3.63) is 65.2 Å². The predicted molar refractivity (Wildman–Crippen MR) is 171 cm³/mol. The standard InChI is InChI=1S/C35H34F2N6O4/c1-41-31-25(12-21(14-28(31)46-2)34(44)43-16-19-7-9-26(43)30(19)38)40-33(41)27-13-18-6-8-24(39-32(18)42(27)15-17-4-5-17)20-10-22(36)29(23(37)11-20)35(45)47-3/h6,8,10-14,17,19,26,30H,4-5,7,9,15-16,38H2,1-3H3/t19?,26?,30-/m1/s1. The molecule has 2 bridgehead atoms. The third-order valence-corrected chi connectivity index (χ3v) is 10.2. The van der Waals surface area contributed by atoms with Gasteiger partial charge in [-0.15, -0.1) is 0 Å². The summed E-state index contributed by atoms with van der Waals surface area (Å²) < 4.78 is 44.1. The van der Waals surface area contributed by atoms with Crippen LogP contribution in [0.4, 0.5) is 8.78 Å². The number of amides is 1. The Morgan fingerprint density at radius 1 is 1.00 bits per heavy atom. The van der Waals surface area contributed by atoms with Crippen LogP contribution in [0.25, 0.3) is 44.8 Å². The van der Waals surface area contributed by atoms with E-state index in [0.717, 1.165) is 61.5 Å². The Morgan fingerprint density at radius 3 is 2.40 bits per heavy atom. The van der Waals surface area contributed by atoms with Gasteiger partial charge < -0.3 is 29.2 Å². The number of esters is 1. The number of carbonyl (C=O) groups excluding carboxylic acids is 2. The Labute approximate surface area is 269 Å². The molecule has 242 valence electrons. The molecule has 2 aromatic carbocycles. The van der Waals surface area contributed by atoms with Crippen molar-refractivity contribution < 1.29 is 27.8 Å². The summed E-state index contributed by atoms with van der Waals surface area (Å²) in [4.78, 5) is 37.4. The molecule has 3 aliphatic rings. The van der Waals surface area contributed by atoms with Gasteiger partial charge in [-0.2, -0.15) is 0 Å². The summed E-state index contributed by atoms with van der Waals surface area (Å²) in [5.74, 6) is -1.15. The summed E-state index contributed by atoms with van der Waals surface area (Å²) in [5, 5.41) is 0.840. The van der Waals surface area contributed by atoms with Gasteiger partial charge in [-0.25, -0.2) is 23.5 Å². The van der Waals surface area contributed by atoms with Gasteiger partial charge in [-0.3, -0.25) is 4.79 Å². The number of pyridine rings is 1. The van der Waals surface area contributed by atoms with Crippen LogP contribution in [0.5, 0.6) is 5.75 Å². The highest BCUT2D eigenvalue weighted by atomic mass is 19.1. The van der Waals surface area contributed by atoms with Crippen molar-refractivity contribution >= 4 is 33.9 Å². The molecule has 0 radical (unpaired) electrons. The van der Waals surface area contributed by atoms with Gasteiger partial charge in [0.15, 0.2) is 5.82 Å². The average molecular weight is 641 g/mol. The fourth-order valence-electron chi connectivity index (χ4n) is 7.50. The minimum Gasteiger partial charge on any atom is -0.494 e. The lowest BCUT2D eigenvalue weighted by molar-refractivity contribution is 0.0589. The molecule has 3 fully saturated rings. The number of carbonyl (C=O) groups is 2. The van der Waals surface area contributed by atoms with E-state index in [1.54, 1.807) is 19.2 Å². The molecule has 2 unspecified atom stereocenters. The molecule has 5 aromatic rings. The zero-order chi connectivity index (χ0) is 32.7. The first-order chi connectivity index (χ1) is 22.7. The van der Waals surface area contributed by atoms with Crippen LogP contribution in [0, 0.1) is 23.5 Å². The molecule has 2 N–H and O–H groups in total. The highest BCUT2D eigenvalue weighted by Crippen LogP contribution is 2.40. The number of hydrogen-bond donors (Lipinski definition) is 1. The maximum Gasteiger partial charge on any atom is 0.343 e. The molecule has 1 amide bonds. The van der Waals surface area contributed by atoms with Crippen molar-refractivity contribution in [1.82, 2.24) is 24.0 Å². The fraction of sp³-hybridized carbons (Fsp3) is 0.371. The third kappa shape index (κ3) is 4.68. The van der Waals surface area contributed by atoms with Crippen LogP contribution in [-0.2, 0) is 18.3 Å². The number of piperidine rings is 1. The van der Waals surface area contributed by atoms with E-state index < -0.39 is 23.2 Å². The Balaban J connectivity index is 1.23. The average Bonchev–Trinajstić information content (AvgIpc) is 3.47. The summed E-state index contributed by atoms with van der Waals surface area (Å²) in [6.45, 7) is 1.37. The number of nitrogens with zero attached hydrogens (tertiary/aromatic N) is 5. The molecule has 0 spiro atoms. The van der Waals surface area contributed by atoms with Crippen LogP contribution in [0.3, 0.4) is 0 Å². The second-order valence-electron chi connectivity index (χ2n) is 13.0. The summed E-state index contributed by atoms with van der Waals surface area (Å²) in [6.07, 6.45) is 4.17. The van der Waals surface area contributed by atoms with Gasteiger partial charge in [0.2, 0.25) is 0 Å². The van der Waals surface area contributed by atoms with E-state index in [2.05, 4.69) is 9.30 Å². The van der Waals surface area contributed by atoms with Crippen molar-refractivity contribution in [3.8, 4) is 28.5 Å². The maximum atomic E-state index is 14.8. The number of methoxy groups -OCH3 is 2. The van der Waals surface area contributed by atoms with Crippen LogP contribution in [0.15, 0.2) is 42.5 Å². The van der Waals surface area contributed by atoms with Gasteiger partial charge in [0.05, 0.1) is 31.1 Å². The van der Waals surface area contributed by atoms with Crippen molar-refractivity contribution in [2.75, 3.05) is 20.8 Å². The summed E-state index contributed by atoms with van der Waals surface area (Å²) in [7, 11) is 4.57. The van der Waals surface area contributed by atoms with Crippen molar-refractivity contribution in [2.45, 2.75) is 44.3 Å². The van der Waals surface area contributed by atoms with Gasteiger partial charge in [-0.05, 0) is 80.0 Å². The number of fused-ring (bicyclic) bond motifs is 4. The van der Waals surface area contributed by atoms with E-state index in [4.69, 9.17) is 20.4 Å². The summed E-state index contributed by atoms with van der Waals surface area (Å²) in [5.41, 5.74) is 9.60. The second kappa shape index (κ2) is 10.9. The largest absolute Gasteiger partial charge is 0.494 e. The number of hydrogen-bond acceptors (Lipinski definition) is 7. The third-order valence-electron chi connectivity index (χ3n) is 10.2. The summed E-state index contributed by atoms with van der Waals surface area (Å²) >= 11 is 0. The van der Waals surface area contributed by atoms with Crippen LogP contribution in [-0.4, -0.2) is 68.7 Å². The van der Waals surface area contributed by atoms with E-state index in [-0.39, 0.29) is 23.6 Å². The monoisotopic (exact) mass is 640 g/mol. The van der Waals surface area contributed by atoms with Crippen LogP contribution >= 0.6 is 0 Å². The lowest BCUT2D eigenvalue weighted by Gasteiger charge is -2.27. The first kappa shape index (κ1) is 29.6. The van der Waals surface area contributed by atoms with E-state index >= 15 is 0 Å². The molecule has 2 saturated carbocycles. The highest BCUT2D eigenvalue weighted by Gasteiger charge is 2.47. The smallest absolute Gasteiger partial charge is 0.343 e. The molecule has 1 aliphatic heterocycles. The van der Waals surface area contributed by atoms with Crippen molar-refractivity contribution in [2.24, 2.45) is 24.6 Å². The Kier molecular flexibility index (Phi) is 6.83. The van der Waals surface area contributed by atoms with Gasteiger partial charge in [0.25, 0.3) is 5.91 Å². The number of nitrogens with two attached hydrogens (primary N) is 1. The minimum atomic E-state index is -1.08. The number of imidazole rings is 1. The van der Waals surface area contributed by atoms with E-state index in [9.17, 15) is 18.4 Å². The molecule has 3 atom stereocenters. The van der Waals surface area contributed by atoms with Gasteiger partial charge in [-0.1, -0.05) is 0 Å². The second-order valence-corrected chi connectivity index (χ2v) is 13.0. The molecule has 3 aromatic heterocycles. The Morgan fingerprint density at radius 2 is 1.77 bits per heavy atom. The normalized spacial score (nSPS) is 20.5. The fourth-order valence-corrected chi connectivity index (χ4v) is 7.50. The number of ether oxygens (including phenoxy) is 2. The molecular weight excluding hydrogens is 606 g/mol. The van der Waals surface area contributed by atoms with E-state index in [0.29, 0.717) is 58.9 Å². The SMILES string of the molecule is COC(=O)c1c(F)cc(-c2ccc3cc(-c4nc5cc(C(=O)N6CC7CCC6[C@@H]7N)cc(OC)c5n4C)n(CC4CC4)c3n2)cc1F. The van der Waals surface area contributed by atoms with E-state index in [1.165, 1.54) is 0 Å². The van der Waals surface area contributed by atoms with Gasteiger partial charge in [0.1, 0.15) is 34.1 Å². The molecule has 1 saturated heterocycles. The molecule has 47 heavy (non-hydrogen) atoms. The number of halogens is 2. The van der Waals surface area contributed by atoms with Crippen molar-refractivity contribution in [1.29, 1.82) is 0 Å². The van der Waals surface area contributed by atoms with Gasteiger partial charge in [0, 0.05) is 48.7 Å². The van der Waals surface area contributed by atoms with Crippen LogP contribution in [0.1, 0.15) is 46.4 Å². The molecule has 4 heterocycles. The number of aromatic nitrogens is 4. The number of rotatable bonds is 7. The van der Waals surface area contributed by atoms with Gasteiger partial charge >= 0.3 is 5.97 Å². The van der Waals surface area contributed by atoms with Crippen LogP contribution < -0.4 is 10.5 Å². The Bertz CT molecular complexity index is 2100. The quantitative estimate of drug-likeness (QED) is 0.240. The Hall–Kier alpha value is -4.84. The number of aryl methyl sites for hydroxylation is 1. The predicted octanol–water partition coefficient (Wildman–Crippen LogP) is 5.30. The molecule has 2 aliphatic carbocycles. The highest BCUT2D eigenvalue weighted by molar-refractivity contribution is 6.00. The number of likely N-dealkylation sites (tertiary alicyclic amines) is 1. The summed E-state index contributed by atoms with van der Waals surface area (Å²) in [6, 6.07) is 11.4. The first-order valence-corrected chi connectivity index (χ1v) is 15.9. The molecule has 12 heteroatoms. The lowest BCUT2D eigenvalue weighted by Crippen LogP contribution is -2.41. The topological polar surface area (TPSA) is 118 Å². The lowest BCUT2D eigenvalue weighted by atomic mass is 10.1. The van der Waals surface area contributed by atoms with Crippen LogP contribution in [0.2, 0.25) is 0 Å². The maximum absolute atomic E-state index is 14.8.